The molecule has 134 valence electrons. The molecule has 0 saturated carbocycles. The number of hydrogen-bond donors (Lipinski definition) is 0. The van der Waals surface area contributed by atoms with Crippen LogP contribution < -0.4 is 10.6 Å². The van der Waals surface area contributed by atoms with E-state index in [1.54, 1.807) is 13.0 Å². The molecule has 4 rings (SSSR count). The van der Waals surface area contributed by atoms with Crippen LogP contribution in [0.1, 0.15) is 5.56 Å². The first-order valence-electron chi connectivity index (χ1n) is 7.80. The first-order chi connectivity index (χ1) is 11.7. The molecule has 3 heterocycles. The Labute approximate surface area is 164 Å². The van der Waals surface area contributed by atoms with E-state index in [1.807, 2.05) is 34.8 Å². The minimum atomic E-state index is -3.62. The van der Waals surface area contributed by atoms with Crippen LogP contribution in [0, 0.1) is 6.92 Å². The van der Waals surface area contributed by atoms with Crippen LogP contribution in [-0.2, 0) is 9.84 Å². The van der Waals surface area contributed by atoms with Crippen molar-refractivity contribution in [1.29, 1.82) is 0 Å². The molecule has 1 unspecified atom stereocenters. The molecule has 1 saturated heterocycles. The molecule has 2 aromatic rings. The Morgan fingerprint density at radius 3 is 2.80 bits per heavy atom. The fourth-order valence-corrected chi connectivity index (χ4v) is 6.57. The van der Waals surface area contributed by atoms with E-state index < -0.39 is 15.5 Å². The number of aromatic nitrogens is 2. The average molecular weight is 495 g/mol. The molecule has 25 heavy (non-hydrogen) atoms. The van der Waals surface area contributed by atoms with Crippen molar-refractivity contribution in [3.05, 3.63) is 27.1 Å². The van der Waals surface area contributed by atoms with Gasteiger partial charge in [0.05, 0.1) is 55.5 Å². The molecule has 0 bridgehead atoms. The number of fused-ring (bicyclic) bond motifs is 2. The topological polar surface area (TPSA) is 75.5 Å². The van der Waals surface area contributed by atoms with Gasteiger partial charge in [-0.3, -0.25) is 0 Å². The molecule has 0 radical (unpaired) electrons. The number of piperazine rings is 1. The van der Waals surface area contributed by atoms with Crippen LogP contribution in [0.15, 0.2) is 15.8 Å². The van der Waals surface area contributed by atoms with Gasteiger partial charge in [-0.1, -0.05) is 11.6 Å². The number of anilines is 1. The Balaban J connectivity index is 2.19. The summed E-state index contributed by atoms with van der Waals surface area (Å²) in [5, 5.41) is 0.676. The van der Waals surface area contributed by atoms with E-state index in [9.17, 15) is 13.2 Å². The second kappa shape index (κ2) is 5.80. The highest BCUT2D eigenvalue weighted by Crippen LogP contribution is 2.41. The van der Waals surface area contributed by atoms with Crippen LogP contribution in [0.25, 0.3) is 10.9 Å². The van der Waals surface area contributed by atoms with Gasteiger partial charge in [0.1, 0.15) is 5.82 Å². The molecule has 0 aliphatic carbocycles. The number of halogens is 2. The van der Waals surface area contributed by atoms with Gasteiger partial charge < -0.3 is 9.80 Å². The Morgan fingerprint density at radius 2 is 2.08 bits per heavy atom. The lowest BCUT2D eigenvalue weighted by atomic mass is 10.1. The molecule has 1 aromatic heterocycles. The van der Waals surface area contributed by atoms with Gasteiger partial charge in [0, 0.05) is 19.6 Å². The second-order valence-electron chi connectivity index (χ2n) is 6.62. The minimum Gasteiger partial charge on any atom is -0.349 e. The lowest BCUT2D eigenvalue weighted by Crippen LogP contribution is -2.54. The molecule has 0 amide bonds. The summed E-state index contributed by atoms with van der Waals surface area (Å²) >= 11 is 8.29. The predicted molar refractivity (Wildman–Crippen MR) is 106 cm³/mol. The van der Waals surface area contributed by atoms with E-state index in [1.165, 1.54) is 2.78 Å². The highest BCUT2D eigenvalue weighted by molar-refractivity contribution is 14.1. The third-order valence-electron chi connectivity index (χ3n) is 4.87. The van der Waals surface area contributed by atoms with Gasteiger partial charge >= 0.3 is 5.69 Å². The fraction of sp³-hybridized carbons (Fsp3) is 0.467. The first kappa shape index (κ1) is 17.5. The molecular formula is C15H16ClIN4O3S. The van der Waals surface area contributed by atoms with Crippen molar-refractivity contribution in [1.82, 2.24) is 12.7 Å². The zero-order valence-corrected chi connectivity index (χ0v) is 17.4. The Hall–Kier alpha value is -0.910. The molecule has 1 atom stereocenters. The summed E-state index contributed by atoms with van der Waals surface area (Å²) in [5.41, 5.74) is 0.759. The fourth-order valence-electron chi connectivity index (χ4n) is 3.68. The number of sulfone groups is 1. The molecular weight excluding hydrogens is 479 g/mol. The van der Waals surface area contributed by atoms with Gasteiger partial charge in [0.25, 0.3) is 0 Å². The van der Waals surface area contributed by atoms with E-state index in [2.05, 4.69) is 9.88 Å². The van der Waals surface area contributed by atoms with Crippen LogP contribution >= 0.6 is 34.5 Å². The van der Waals surface area contributed by atoms with E-state index >= 15 is 0 Å². The van der Waals surface area contributed by atoms with Crippen molar-refractivity contribution >= 4 is 61.0 Å². The van der Waals surface area contributed by atoms with E-state index in [0.717, 1.165) is 6.54 Å². The zero-order valence-electron chi connectivity index (χ0n) is 13.7. The SMILES string of the molecule is Cc1cc2c3c(nc(=O)n2I)N2CCN(C)CC2CS(=O)(=O)c3c1Cl. The highest BCUT2D eigenvalue weighted by Gasteiger charge is 2.39. The number of likely N-dealkylation sites (N-methyl/N-ethyl adjacent to an activating group) is 1. The van der Waals surface area contributed by atoms with Gasteiger partial charge in [-0.15, -0.1) is 0 Å². The largest absolute Gasteiger partial charge is 0.359 e. The minimum absolute atomic E-state index is 0.0403. The smallest absolute Gasteiger partial charge is 0.349 e. The number of nitrogens with zero attached hydrogens (tertiary/aromatic N) is 4. The maximum Gasteiger partial charge on any atom is 0.359 e. The van der Waals surface area contributed by atoms with Gasteiger partial charge in [-0.2, -0.15) is 4.98 Å². The summed E-state index contributed by atoms with van der Waals surface area (Å²) in [5.74, 6) is 0.394. The van der Waals surface area contributed by atoms with Gasteiger partial charge in [-0.25, -0.2) is 16.0 Å². The monoisotopic (exact) mass is 494 g/mol. The number of hydrogen-bond acceptors (Lipinski definition) is 6. The molecule has 10 heteroatoms. The third-order valence-corrected chi connectivity index (χ3v) is 8.25. The molecule has 7 nitrogen and oxygen atoms in total. The van der Waals surface area contributed by atoms with Crippen molar-refractivity contribution < 1.29 is 8.42 Å². The summed E-state index contributed by atoms with van der Waals surface area (Å²) in [7, 11) is -1.66. The summed E-state index contributed by atoms with van der Waals surface area (Å²) in [6.45, 7) is 3.75. The lowest BCUT2D eigenvalue weighted by Gasteiger charge is -2.39. The number of aryl methyl sites for hydroxylation is 1. The van der Waals surface area contributed by atoms with Crippen LogP contribution in [0.2, 0.25) is 5.02 Å². The highest BCUT2D eigenvalue weighted by atomic mass is 127. The summed E-state index contributed by atoms with van der Waals surface area (Å²) in [4.78, 5) is 20.8. The van der Waals surface area contributed by atoms with Crippen LogP contribution in [0.4, 0.5) is 5.82 Å². The second-order valence-corrected chi connectivity index (χ2v) is 9.93. The van der Waals surface area contributed by atoms with Gasteiger partial charge in [0.15, 0.2) is 9.84 Å². The first-order valence-corrected chi connectivity index (χ1v) is 10.8. The lowest BCUT2D eigenvalue weighted by molar-refractivity contribution is 0.276. The summed E-state index contributed by atoms with van der Waals surface area (Å²) in [6, 6.07) is 1.50. The van der Waals surface area contributed by atoms with Gasteiger partial charge in [0.2, 0.25) is 0 Å². The third kappa shape index (κ3) is 2.58. The van der Waals surface area contributed by atoms with Crippen molar-refractivity contribution in [3.8, 4) is 0 Å². The zero-order chi connectivity index (χ0) is 18.1. The maximum atomic E-state index is 13.2. The number of rotatable bonds is 0. The molecule has 0 spiro atoms. The average Bonchev–Trinajstić information content (AvgIpc) is 2.61. The van der Waals surface area contributed by atoms with Crippen molar-refractivity contribution in [2.75, 3.05) is 37.3 Å². The van der Waals surface area contributed by atoms with E-state index in [4.69, 9.17) is 11.6 Å². The van der Waals surface area contributed by atoms with Crippen LogP contribution in [-0.4, -0.2) is 59.6 Å². The standard InChI is InChI=1S/C15H16ClIN4O3S/c1-8-5-10-11-13(12(8)16)25(23,24)7-9-6-19(2)3-4-20(9)14(11)18-15(22)21(10)17/h5,9H,3-4,6-7H2,1-2H3. The maximum absolute atomic E-state index is 13.2. The van der Waals surface area contributed by atoms with Crippen molar-refractivity contribution in [2.45, 2.75) is 17.9 Å². The van der Waals surface area contributed by atoms with E-state index in [0.29, 0.717) is 35.4 Å². The molecule has 0 N–H and O–H groups in total. The van der Waals surface area contributed by atoms with Crippen molar-refractivity contribution in [2.24, 2.45) is 0 Å². The molecule has 1 aromatic carbocycles. The van der Waals surface area contributed by atoms with E-state index in [-0.39, 0.29) is 21.7 Å². The predicted octanol–water partition coefficient (Wildman–Crippen LogP) is 1.46. The van der Waals surface area contributed by atoms with Crippen LogP contribution in [0.3, 0.4) is 0 Å². The van der Waals surface area contributed by atoms with Gasteiger partial charge in [-0.05, 0) is 25.6 Å². The summed E-state index contributed by atoms with van der Waals surface area (Å²) < 4.78 is 27.7. The quantitative estimate of drug-likeness (QED) is 0.516. The number of benzene rings is 1. The molecule has 1 fully saturated rings. The Bertz CT molecular complexity index is 1070. The normalized spacial score (nSPS) is 22.7. The van der Waals surface area contributed by atoms with Crippen molar-refractivity contribution in [3.63, 3.8) is 0 Å². The Morgan fingerprint density at radius 1 is 1.36 bits per heavy atom. The summed E-state index contributed by atoms with van der Waals surface area (Å²) in [6.07, 6.45) is 0. The van der Waals surface area contributed by atoms with Crippen LogP contribution in [0.5, 0.6) is 0 Å². The molecule has 2 aliphatic heterocycles. The Kier molecular flexibility index (Phi) is 4.06. The molecule has 2 aliphatic rings.